The van der Waals surface area contributed by atoms with Crippen molar-refractivity contribution in [2.75, 3.05) is 19.8 Å². The van der Waals surface area contributed by atoms with Gasteiger partial charge in [0, 0.05) is 11.6 Å². The van der Waals surface area contributed by atoms with Gasteiger partial charge < -0.3 is 29.4 Å². The van der Waals surface area contributed by atoms with Crippen LogP contribution in [0.1, 0.15) is 49.8 Å². The molecule has 8 heteroatoms. The van der Waals surface area contributed by atoms with E-state index in [1.807, 2.05) is 50.2 Å². The number of aryl methyl sites for hydroxylation is 1. The first-order chi connectivity index (χ1) is 19.3. The van der Waals surface area contributed by atoms with Crippen LogP contribution in [0.25, 0.3) is 0 Å². The SMILES string of the molecule is CCOc1cc(C2C(C#N)=C(N)Oc3cc(OC(=O)COc4cccc(C)c4)ccc32)ccc1OCCC(C)C. The van der Waals surface area contributed by atoms with Crippen LogP contribution in [0.2, 0.25) is 0 Å². The average molecular weight is 543 g/mol. The van der Waals surface area contributed by atoms with Crippen molar-refractivity contribution >= 4 is 5.97 Å². The highest BCUT2D eigenvalue weighted by atomic mass is 16.6. The van der Waals surface area contributed by atoms with E-state index in [1.165, 1.54) is 0 Å². The van der Waals surface area contributed by atoms with E-state index in [2.05, 4.69) is 19.9 Å². The van der Waals surface area contributed by atoms with Gasteiger partial charge >= 0.3 is 5.97 Å². The van der Waals surface area contributed by atoms with Gasteiger partial charge in [-0.1, -0.05) is 38.1 Å². The normalized spacial score (nSPS) is 14.2. The Morgan fingerprint density at radius 3 is 2.58 bits per heavy atom. The number of ether oxygens (including phenoxy) is 5. The number of fused-ring (bicyclic) bond motifs is 1. The molecule has 4 rings (SSSR count). The van der Waals surface area contributed by atoms with Crippen molar-refractivity contribution in [1.82, 2.24) is 0 Å². The predicted octanol–water partition coefficient (Wildman–Crippen LogP) is 6.02. The van der Waals surface area contributed by atoms with Crippen LogP contribution in [0, 0.1) is 24.2 Å². The number of benzene rings is 3. The van der Waals surface area contributed by atoms with E-state index in [9.17, 15) is 10.1 Å². The topological polar surface area (TPSA) is 113 Å². The van der Waals surface area contributed by atoms with Gasteiger partial charge in [0.25, 0.3) is 0 Å². The van der Waals surface area contributed by atoms with Crippen LogP contribution < -0.4 is 29.4 Å². The third-order valence-electron chi connectivity index (χ3n) is 6.32. The summed E-state index contributed by atoms with van der Waals surface area (Å²) >= 11 is 0. The zero-order valence-electron chi connectivity index (χ0n) is 23.2. The Hall–Kier alpha value is -4.64. The molecule has 1 unspecified atom stereocenters. The highest BCUT2D eigenvalue weighted by Crippen LogP contribution is 2.45. The molecule has 0 saturated heterocycles. The van der Waals surface area contributed by atoms with Crippen molar-refractivity contribution in [2.45, 2.75) is 40.0 Å². The minimum Gasteiger partial charge on any atom is -0.490 e. The number of rotatable bonds is 11. The van der Waals surface area contributed by atoms with Crippen LogP contribution in [0.15, 0.2) is 72.1 Å². The predicted molar refractivity (Wildman–Crippen MR) is 151 cm³/mol. The minimum atomic E-state index is -0.565. The minimum absolute atomic E-state index is 0.0125. The van der Waals surface area contributed by atoms with Crippen LogP contribution in [-0.2, 0) is 4.79 Å². The Labute approximate surface area is 234 Å². The maximum Gasteiger partial charge on any atom is 0.349 e. The number of nitriles is 1. The fourth-order valence-electron chi connectivity index (χ4n) is 4.35. The van der Waals surface area contributed by atoms with Crippen LogP contribution in [0.3, 0.4) is 0 Å². The molecule has 3 aromatic carbocycles. The summed E-state index contributed by atoms with van der Waals surface area (Å²) in [5.41, 5.74) is 8.98. The Balaban J connectivity index is 1.57. The lowest BCUT2D eigenvalue weighted by atomic mass is 9.83. The maximum atomic E-state index is 12.4. The van der Waals surface area contributed by atoms with E-state index in [0.717, 1.165) is 17.5 Å². The van der Waals surface area contributed by atoms with Crippen molar-refractivity contribution in [2.24, 2.45) is 11.7 Å². The number of nitrogens with two attached hydrogens (primary N) is 1. The monoisotopic (exact) mass is 542 g/mol. The second kappa shape index (κ2) is 12.9. The van der Waals surface area contributed by atoms with Crippen molar-refractivity contribution < 1.29 is 28.5 Å². The lowest BCUT2D eigenvalue weighted by Gasteiger charge is -2.27. The Kier molecular flexibility index (Phi) is 9.18. The summed E-state index contributed by atoms with van der Waals surface area (Å²) in [5, 5.41) is 9.95. The van der Waals surface area contributed by atoms with Gasteiger partial charge in [-0.05, 0) is 67.6 Å². The summed E-state index contributed by atoms with van der Waals surface area (Å²) in [6.07, 6.45) is 0.920. The number of hydrogen-bond acceptors (Lipinski definition) is 8. The number of esters is 1. The van der Waals surface area contributed by atoms with E-state index in [-0.39, 0.29) is 23.8 Å². The van der Waals surface area contributed by atoms with Gasteiger partial charge in [0.1, 0.15) is 28.9 Å². The third-order valence-corrected chi connectivity index (χ3v) is 6.32. The van der Waals surface area contributed by atoms with E-state index >= 15 is 0 Å². The van der Waals surface area contributed by atoms with Gasteiger partial charge in [0.05, 0.1) is 19.1 Å². The molecule has 8 nitrogen and oxygen atoms in total. The van der Waals surface area contributed by atoms with Gasteiger partial charge in [-0.25, -0.2) is 4.79 Å². The van der Waals surface area contributed by atoms with E-state index in [4.69, 9.17) is 29.4 Å². The van der Waals surface area contributed by atoms with E-state index < -0.39 is 11.9 Å². The maximum absolute atomic E-state index is 12.4. The second-order valence-electron chi connectivity index (χ2n) is 9.87. The molecule has 1 atom stereocenters. The molecule has 1 heterocycles. The lowest BCUT2D eigenvalue weighted by molar-refractivity contribution is -0.136. The molecule has 0 aliphatic carbocycles. The highest BCUT2D eigenvalue weighted by Gasteiger charge is 2.32. The number of allylic oxidation sites excluding steroid dienone is 1. The standard InChI is InChI=1S/C32H34N2O6/c1-5-36-29-16-22(9-12-27(29)37-14-13-20(2)3)31-25-11-10-24(17-28(25)40-32(34)26(31)18-33)39-30(35)19-38-23-8-6-7-21(4)15-23/h6-12,15-17,20,31H,5,13-14,19,34H2,1-4H3. The molecule has 0 aromatic heterocycles. The number of nitrogens with zero attached hydrogens (tertiary/aromatic N) is 1. The first-order valence-corrected chi connectivity index (χ1v) is 13.3. The molecule has 3 aromatic rings. The molecule has 40 heavy (non-hydrogen) atoms. The van der Waals surface area contributed by atoms with Crippen molar-refractivity contribution in [1.29, 1.82) is 5.26 Å². The molecular formula is C32H34N2O6. The molecule has 0 bridgehead atoms. The van der Waals surface area contributed by atoms with Gasteiger partial charge in [0.2, 0.25) is 5.88 Å². The number of hydrogen-bond donors (Lipinski definition) is 1. The summed E-state index contributed by atoms with van der Waals surface area (Å²) in [7, 11) is 0. The zero-order valence-corrected chi connectivity index (χ0v) is 23.2. The lowest BCUT2D eigenvalue weighted by Crippen LogP contribution is -2.22. The molecule has 0 fully saturated rings. The molecule has 0 saturated carbocycles. The average Bonchev–Trinajstić information content (AvgIpc) is 2.92. The molecule has 2 N–H and O–H groups in total. The van der Waals surface area contributed by atoms with Gasteiger partial charge in [-0.15, -0.1) is 0 Å². The van der Waals surface area contributed by atoms with Crippen molar-refractivity contribution in [3.63, 3.8) is 0 Å². The van der Waals surface area contributed by atoms with Crippen LogP contribution in [-0.4, -0.2) is 25.8 Å². The third kappa shape index (κ3) is 6.86. The molecular weight excluding hydrogens is 508 g/mol. The zero-order chi connectivity index (χ0) is 28.6. The number of carbonyl (C=O) groups is 1. The smallest absolute Gasteiger partial charge is 0.349 e. The Bertz CT molecular complexity index is 1440. The summed E-state index contributed by atoms with van der Waals surface area (Å²) in [4.78, 5) is 12.4. The molecule has 1 aliphatic heterocycles. The molecule has 208 valence electrons. The van der Waals surface area contributed by atoms with Crippen LogP contribution >= 0.6 is 0 Å². The molecule has 1 aliphatic rings. The van der Waals surface area contributed by atoms with Crippen molar-refractivity contribution in [3.8, 4) is 34.8 Å². The van der Waals surface area contributed by atoms with Crippen LogP contribution in [0.5, 0.6) is 28.7 Å². The largest absolute Gasteiger partial charge is 0.490 e. The van der Waals surface area contributed by atoms with Gasteiger partial charge in [-0.3, -0.25) is 0 Å². The quantitative estimate of drug-likeness (QED) is 0.231. The fraction of sp³-hybridized carbons (Fsp3) is 0.312. The summed E-state index contributed by atoms with van der Waals surface area (Å²) in [5.74, 6) is 1.91. The first-order valence-electron chi connectivity index (χ1n) is 13.3. The Morgan fingerprint density at radius 1 is 1.02 bits per heavy atom. The molecule has 0 amide bonds. The molecule has 0 spiro atoms. The highest BCUT2D eigenvalue weighted by molar-refractivity contribution is 5.74. The Morgan fingerprint density at radius 2 is 1.85 bits per heavy atom. The fourth-order valence-corrected chi connectivity index (χ4v) is 4.35. The van der Waals surface area contributed by atoms with Gasteiger partial charge in [-0.2, -0.15) is 5.26 Å². The van der Waals surface area contributed by atoms with E-state index in [1.54, 1.807) is 24.3 Å². The summed E-state index contributed by atoms with van der Waals surface area (Å²) in [6.45, 7) is 8.91. The molecule has 0 radical (unpaired) electrons. The summed E-state index contributed by atoms with van der Waals surface area (Å²) in [6, 6.07) is 20.2. The van der Waals surface area contributed by atoms with Crippen molar-refractivity contribution in [3.05, 3.63) is 88.8 Å². The van der Waals surface area contributed by atoms with Gasteiger partial charge in [0.15, 0.2) is 18.1 Å². The van der Waals surface area contributed by atoms with Crippen LogP contribution in [0.4, 0.5) is 0 Å². The van der Waals surface area contributed by atoms with E-state index in [0.29, 0.717) is 47.7 Å². The number of carbonyl (C=O) groups excluding carboxylic acids is 1. The summed E-state index contributed by atoms with van der Waals surface area (Å²) < 4.78 is 28.7. The second-order valence-corrected chi connectivity index (χ2v) is 9.87. The first kappa shape index (κ1) is 28.4.